The summed E-state index contributed by atoms with van der Waals surface area (Å²) in [5.74, 6) is 0.122. The van der Waals surface area contributed by atoms with Gasteiger partial charge in [0, 0.05) is 12.4 Å². The minimum atomic E-state index is -0.416. The number of aromatic nitrogens is 4. The number of hydrogen-bond donors (Lipinski definition) is 2. The third-order valence-electron chi connectivity index (χ3n) is 2.79. The van der Waals surface area contributed by atoms with Crippen LogP contribution in [-0.2, 0) is 0 Å². The van der Waals surface area contributed by atoms with Crippen LogP contribution in [0.25, 0.3) is 5.82 Å². The summed E-state index contributed by atoms with van der Waals surface area (Å²) in [7, 11) is 0. The Kier molecular flexibility index (Phi) is 3.64. The molecule has 0 saturated carbocycles. The number of carbonyl (C=O) groups is 1. The molecule has 0 atom stereocenters. The topological polar surface area (TPSA) is 75.6 Å². The molecule has 3 rings (SSSR count). The Morgan fingerprint density at radius 1 is 1.24 bits per heavy atom. The van der Waals surface area contributed by atoms with Crippen molar-refractivity contribution in [1.82, 2.24) is 20.0 Å². The zero-order valence-electron chi connectivity index (χ0n) is 10.5. The normalized spacial score (nSPS) is 10.6. The van der Waals surface area contributed by atoms with Crippen LogP contribution in [0.5, 0.6) is 0 Å². The van der Waals surface area contributed by atoms with E-state index in [-0.39, 0.29) is 15.6 Å². The molecule has 0 fully saturated rings. The van der Waals surface area contributed by atoms with E-state index in [1.807, 2.05) is 0 Å². The number of aromatic amines is 1. The van der Waals surface area contributed by atoms with Gasteiger partial charge < -0.3 is 5.32 Å². The highest BCUT2D eigenvalue weighted by atomic mass is 35.5. The Morgan fingerprint density at radius 3 is 2.67 bits per heavy atom. The van der Waals surface area contributed by atoms with Crippen molar-refractivity contribution in [3.63, 3.8) is 0 Å². The Morgan fingerprint density at radius 2 is 2.00 bits per heavy atom. The molecule has 0 aliphatic rings. The summed E-state index contributed by atoms with van der Waals surface area (Å²) in [6, 6.07) is 6.64. The average molecular weight is 322 g/mol. The van der Waals surface area contributed by atoms with Gasteiger partial charge in [0.15, 0.2) is 5.82 Å². The molecule has 0 spiro atoms. The third kappa shape index (κ3) is 2.63. The summed E-state index contributed by atoms with van der Waals surface area (Å²) < 4.78 is 1.55. The summed E-state index contributed by atoms with van der Waals surface area (Å²) in [4.78, 5) is 12.3. The van der Waals surface area contributed by atoms with E-state index in [4.69, 9.17) is 23.2 Å². The second-order valence-electron chi connectivity index (χ2n) is 4.13. The fourth-order valence-electron chi connectivity index (χ4n) is 1.85. The molecule has 0 aliphatic heterocycles. The van der Waals surface area contributed by atoms with Gasteiger partial charge in [0.2, 0.25) is 0 Å². The van der Waals surface area contributed by atoms with Gasteiger partial charge in [0.1, 0.15) is 5.69 Å². The summed E-state index contributed by atoms with van der Waals surface area (Å²) >= 11 is 12.0. The highest BCUT2D eigenvalue weighted by Gasteiger charge is 2.17. The smallest absolute Gasteiger partial charge is 0.258 e. The Bertz CT molecular complexity index is 761. The number of halogens is 2. The molecule has 0 unspecified atom stereocenters. The standard InChI is InChI=1S/C13H9Cl2N5O/c14-8-3-1-4-9(15)11(8)13(21)18-10-7-16-19-12(10)20-6-2-5-17-20/h1-7H,(H,16,19)(H,18,21). The van der Waals surface area contributed by atoms with Crippen molar-refractivity contribution in [2.75, 3.05) is 5.32 Å². The van der Waals surface area contributed by atoms with Crippen LogP contribution < -0.4 is 5.32 Å². The summed E-state index contributed by atoms with van der Waals surface area (Å²) in [5, 5.41) is 14.0. The van der Waals surface area contributed by atoms with Crippen molar-refractivity contribution in [1.29, 1.82) is 0 Å². The summed E-state index contributed by atoms with van der Waals surface area (Å²) in [5.41, 5.74) is 0.688. The van der Waals surface area contributed by atoms with Gasteiger partial charge in [0.25, 0.3) is 5.91 Å². The monoisotopic (exact) mass is 321 g/mol. The maximum absolute atomic E-state index is 12.3. The highest BCUT2D eigenvalue weighted by molar-refractivity contribution is 6.40. The lowest BCUT2D eigenvalue weighted by Gasteiger charge is -2.08. The molecule has 8 heteroatoms. The molecule has 21 heavy (non-hydrogen) atoms. The number of amides is 1. The second-order valence-corrected chi connectivity index (χ2v) is 4.95. The lowest BCUT2D eigenvalue weighted by atomic mass is 10.2. The first-order valence-corrected chi connectivity index (χ1v) is 6.71. The van der Waals surface area contributed by atoms with Crippen LogP contribution in [0.1, 0.15) is 10.4 Å². The SMILES string of the molecule is O=C(Nc1cn[nH]c1-n1cccn1)c1c(Cl)cccc1Cl. The van der Waals surface area contributed by atoms with E-state index in [1.165, 1.54) is 6.20 Å². The van der Waals surface area contributed by atoms with Gasteiger partial charge in [-0.2, -0.15) is 10.2 Å². The molecule has 0 saturated heterocycles. The van der Waals surface area contributed by atoms with Crippen LogP contribution in [0.15, 0.2) is 42.9 Å². The zero-order valence-corrected chi connectivity index (χ0v) is 12.1. The maximum Gasteiger partial charge on any atom is 0.258 e. The predicted molar refractivity (Wildman–Crippen MR) is 80.1 cm³/mol. The van der Waals surface area contributed by atoms with Crippen LogP contribution >= 0.6 is 23.2 Å². The van der Waals surface area contributed by atoms with E-state index >= 15 is 0 Å². The molecule has 0 bridgehead atoms. The first-order valence-electron chi connectivity index (χ1n) is 5.95. The van der Waals surface area contributed by atoms with Crippen LogP contribution in [-0.4, -0.2) is 25.9 Å². The molecule has 0 radical (unpaired) electrons. The molecule has 1 amide bonds. The van der Waals surface area contributed by atoms with Gasteiger partial charge in [-0.15, -0.1) is 0 Å². The second kappa shape index (κ2) is 5.59. The maximum atomic E-state index is 12.3. The van der Waals surface area contributed by atoms with E-state index in [1.54, 1.807) is 41.3 Å². The van der Waals surface area contributed by atoms with Gasteiger partial charge >= 0.3 is 0 Å². The molecular formula is C13H9Cl2N5O. The molecule has 2 heterocycles. The van der Waals surface area contributed by atoms with Gasteiger partial charge in [0.05, 0.1) is 21.8 Å². The Balaban J connectivity index is 1.91. The molecular weight excluding hydrogens is 313 g/mol. The van der Waals surface area contributed by atoms with Crippen LogP contribution in [0, 0.1) is 0 Å². The van der Waals surface area contributed by atoms with Crippen molar-refractivity contribution in [2.45, 2.75) is 0 Å². The van der Waals surface area contributed by atoms with E-state index < -0.39 is 5.91 Å². The summed E-state index contributed by atoms with van der Waals surface area (Å²) in [6.45, 7) is 0. The number of nitrogens with one attached hydrogen (secondary N) is 2. The third-order valence-corrected chi connectivity index (χ3v) is 3.42. The van der Waals surface area contributed by atoms with Gasteiger partial charge in [-0.25, -0.2) is 4.68 Å². The van der Waals surface area contributed by atoms with Gasteiger partial charge in [-0.1, -0.05) is 29.3 Å². The largest absolute Gasteiger partial charge is 0.317 e. The highest BCUT2D eigenvalue weighted by Crippen LogP contribution is 2.26. The fourth-order valence-corrected chi connectivity index (χ4v) is 2.42. The quantitative estimate of drug-likeness (QED) is 0.778. The molecule has 106 valence electrons. The van der Waals surface area contributed by atoms with E-state index in [0.29, 0.717) is 11.5 Å². The Labute approximate surface area is 129 Å². The summed E-state index contributed by atoms with van der Waals surface area (Å²) in [6.07, 6.45) is 4.84. The fraction of sp³-hybridized carbons (Fsp3) is 0. The van der Waals surface area contributed by atoms with Gasteiger partial charge in [-0.3, -0.25) is 9.89 Å². The van der Waals surface area contributed by atoms with Gasteiger partial charge in [-0.05, 0) is 18.2 Å². The number of anilines is 1. The minimum Gasteiger partial charge on any atom is -0.317 e. The number of benzene rings is 1. The molecule has 3 aromatic rings. The Hall–Kier alpha value is -2.31. The molecule has 2 N–H and O–H groups in total. The first-order chi connectivity index (χ1) is 10.2. The van der Waals surface area contributed by atoms with E-state index in [9.17, 15) is 4.79 Å². The number of H-pyrrole nitrogens is 1. The lowest BCUT2D eigenvalue weighted by molar-refractivity contribution is 0.102. The van der Waals surface area contributed by atoms with Crippen molar-refractivity contribution >= 4 is 34.8 Å². The van der Waals surface area contributed by atoms with Crippen molar-refractivity contribution in [3.05, 3.63) is 58.5 Å². The number of hydrogen-bond acceptors (Lipinski definition) is 3. The van der Waals surface area contributed by atoms with Crippen molar-refractivity contribution in [3.8, 4) is 5.82 Å². The zero-order chi connectivity index (χ0) is 14.8. The van der Waals surface area contributed by atoms with E-state index in [0.717, 1.165) is 0 Å². The predicted octanol–water partition coefficient (Wildman–Crippen LogP) is 3.15. The van der Waals surface area contributed by atoms with Crippen LogP contribution in [0.3, 0.4) is 0 Å². The van der Waals surface area contributed by atoms with Crippen LogP contribution in [0.2, 0.25) is 10.0 Å². The van der Waals surface area contributed by atoms with E-state index in [2.05, 4.69) is 20.6 Å². The van der Waals surface area contributed by atoms with Crippen molar-refractivity contribution in [2.24, 2.45) is 0 Å². The lowest BCUT2D eigenvalue weighted by Crippen LogP contribution is -2.14. The number of rotatable bonds is 3. The molecule has 6 nitrogen and oxygen atoms in total. The molecule has 0 aliphatic carbocycles. The van der Waals surface area contributed by atoms with Crippen LogP contribution in [0.4, 0.5) is 5.69 Å². The first kappa shape index (κ1) is 13.7. The number of carbonyl (C=O) groups excluding carboxylic acids is 1. The van der Waals surface area contributed by atoms with Crippen molar-refractivity contribution < 1.29 is 4.79 Å². The number of nitrogens with zero attached hydrogens (tertiary/aromatic N) is 3. The average Bonchev–Trinajstić information content (AvgIpc) is 3.08. The molecule has 1 aromatic carbocycles. The molecule has 2 aromatic heterocycles. The minimum absolute atomic E-state index is 0.216.